The van der Waals surface area contributed by atoms with Crippen LogP contribution < -0.4 is 0 Å². The Balaban J connectivity index is 1.60. The topological polar surface area (TPSA) is 87.8 Å². The first-order valence-electron chi connectivity index (χ1n) is 9.73. The van der Waals surface area contributed by atoms with E-state index in [0.29, 0.717) is 48.6 Å². The summed E-state index contributed by atoms with van der Waals surface area (Å²) >= 11 is 0. The number of ketones is 1. The van der Waals surface area contributed by atoms with Crippen LogP contribution in [-0.4, -0.2) is 40.8 Å². The number of Topliss-reactive ketones (excluding diaryl/α,β-unsaturated/α-hetero) is 1. The number of rotatable bonds is 3. The Hall–Kier alpha value is -2.89. The van der Waals surface area contributed by atoms with Gasteiger partial charge in [0.2, 0.25) is 0 Å². The highest BCUT2D eigenvalue weighted by molar-refractivity contribution is 6.10. The van der Waals surface area contributed by atoms with E-state index in [1.165, 1.54) is 0 Å². The second kappa shape index (κ2) is 7.26. The minimum absolute atomic E-state index is 0.0100. The number of furan rings is 1. The first-order chi connectivity index (χ1) is 13.5. The van der Waals surface area contributed by atoms with E-state index in [-0.39, 0.29) is 23.2 Å². The second-order valence-corrected chi connectivity index (χ2v) is 7.63. The SMILES string of the molecule is Cc1oc2c(c1C(=O)N1CCC[C@@H](c3cccc(C(=O)O)c3)C1)C(=O)CCC2. The van der Waals surface area contributed by atoms with Gasteiger partial charge in [0.1, 0.15) is 11.5 Å². The molecule has 1 amide bonds. The van der Waals surface area contributed by atoms with Crippen LogP contribution >= 0.6 is 0 Å². The molecule has 1 aliphatic carbocycles. The summed E-state index contributed by atoms with van der Waals surface area (Å²) in [6.45, 7) is 2.88. The number of nitrogens with zero attached hydrogens (tertiary/aromatic N) is 1. The van der Waals surface area contributed by atoms with Gasteiger partial charge in [0, 0.05) is 31.8 Å². The highest BCUT2D eigenvalue weighted by Gasteiger charge is 2.34. The summed E-state index contributed by atoms with van der Waals surface area (Å²) in [5.74, 6) is 0.113. The maximum Gasteiger partial charge on any atom is 0.335 e. The van der Waals surface area contributed by atoms with Crippen LogP contribution in [-0.2, 0) is 6.42 Å². The number of benzene rings is 1. The average Bonchev–Trinajstić information content (AvgIpc) is 3.05. The van der Waals surface area contributed by atoms with Crippen LogP contribution in [0.25, 0.3) is 0 Å². The number of likely N-dealkylation sites (tertiary alicyclic amines) is 1. The molecule has 6 heteroatoms. The van der Waals surface area contributed by atoms with Gasteiger partial charge in [0.05, 0.1) is 16.7 Å². The Labute approximate surface area is 163 Å². The average molecular weight is 381 g/mol. The lowest BCUT2D eigenvalue weighted by atomic mass is 9.88. The molecule has 1 aliphatic heterocycles. The summed E-state index contributed by atoms with van der Waals surface area (Å²) in [6, 6.07) is 6.92. The molecule has 1 atom stereocenters. The predicted octanol–water partition coefficient (Wildman–Crippen LogP) is 3.83. The lowest BCUT2D eigenvalue weighted by molar-refractivity contribution is 0.0686. The van der Waals surface area contributed by atoms with Gasteiger partial charge in [0.25, 0.3) is 5.91 Å². The lowest BCUT2D eigenvalue weighted by Gasteiger charge is -2.33. The second-order valence-electron chi connectivity index (χ2n) is 7.63. The van der Waals surface area contributed by atoms with E-state index in [2.05, 4.69) is 0 Å². The molecule has 4 rings (SSSR count). The largest absolute Gasteiger partial charge is 0.478 e. The Kier molecular flexibility index (Phi) is 4.79. The number of aryl methyl sites for hydroxylation is 2. The molecule has 2 aromatic rings. The number of carbonyl (C=O) groups excluding carboxylic acids is 2. The minimum atomic E-state index is -0.954. The summed E-state index contributed by atoms with van der Waals surface area (Å²) in [5.41, 5.74) is 2.08. The van der Waals surface area contributed by atoms with Crippen molar-refractivity contribution in [2.24, 2.45) is 0 Å². The number of hydrogen-bond donors (Lipinski definition) is 1. The van der Waals surface area contributed by atoms with Crippen molar-refractivity contribution in [1.29, 1.82) is 0 Å². The van der Waals surface area contributed by atoms with Gasteiger partial charge in [-0.25, -0.2) is 4.79 Å². The van der Waals surface area contributed by atoms with Crippen LogP contribution in [0.2, 0.25) is 0 Å². The van der Waals surface area contributed by atoms with Gasteiger partial charge >= 0.3 is 5.97 Å². The van der Waals surface area contributed by atoms with Crippen molar-refractivity contribution in [2.75, 3.05) is 13.1 Å². The number of fused-ring (bicyclic) bond motifs is 1. The number of carboxylic acids is 1. The standard InChI is InChI=1S/C22H23NO5/c1-13-19(20-17(24)8-3-9-18(20)28-13)21(25)23-10-4-7-16(12-23)14-5-2-6-15(11-14)22(26)27/h2,5-6,11,16H,3-4,7-10,12H2,1H3,(H,26,27)/t16-/m1/s1. The molecule has 0 radical (unpaired) electrons. The summed E-state index contributed by atoms with van der Waals surface area (Å²) in [7, 11) is 0. The van der Waals surface area contributed by atoms with Crippen molar-refractivity contribution in [1.82, 2.24) is 4.90 Å². The van der Waals surface area contributed by atoms with Gasteiger partial charge in [-0.05, 0) is 43.9 Å². The van der Waals surface area contributed by atoms with Crippen LogP contribution in [0.1, 0.15) is 79.8 Å². The normalized spacial score (nSPS) is 19.4. The summed E-state index contributed by atoms with van der Waals surface area (Å²) in [6.07, 6.45) is 3.64. The molecule has 1 aromatic heterocycles. The third-order valence-electron chi connectivity index (χ3n) is 5.77. The van der Waals surface area contributed by atoms with Gasteiger partial charge in [-0.15, -0.1) is 0 Å². The first-order valence-corrected chi connectivity index (χ1v) is 9.73. The zero-order valence-electron chi connectivity index (χ0n) is 15.9. The zero-order chi connectivity index (χ0) is 19.8. The fourth-order valence-corrected chi connectivity index (χ4v) is 4.38. The number of hydrogen-bond acceptors (Lipinski definition) is 4. The van der Waals surface area contributed by atoms with Crippen LogP contribution in [0.15, 0.2) is 28.7 Å². The van der Waals surface area contributed by atoms with Crippen molar-refractivity contribution < 1.29 is 23.9 Å². The summed E-state index contributed by atoms with van der Waals surface area (Å²) in [4.78, 5) is 38.7. The van der Waals surface area contributed by atoms with E-state index in [4.69, 9.17) is 4.42 Å². The number of amides is 1. The van der Waals surface area contributed by atoms with E-state index in [9.17, 15) is 19.5 Å². The van der Waals surface area contributed by atoms with Crippen LogP contribution in [0.4, 0.5) is 0 Å². The van der Waals surface area contributed by atoms with Crippen LogP contribution in [0.3, 0.4) is 0 Å². The van der Waals surface area contributed by atoms with Crippen LogP contribution in [0.5, 0.6) is 0 Å². The van der Waals surface area contributed by atoms with Crippen LogP contribution in [0, 0.1) is 6.92 Å². The van der Waals surface area contributed by atoms with Gasteiger partial charge in [0.15, 0.2) is 5.78 Å². The van der Waals surface area contributed by atoms with Gasteiger partial charge in [-0.1, -0.05) is 12.1 Å². The fraction of sp³-hybridized carbons (Fsp3) is 0.409. The molecule has 0 saturated carbocycles. The Morgan fingerprint density at radius 2 is 2.04 bits per heavy atom. The summed E-state index contributed by atoms with van der Waals surface area (Å²) < 4.78 is 5.74. The zero-order valence-corrected chi connectivity index (χ0v) is 15.9. The van der Waals surface area contributed by atoms with Crippen molar-refractivity contribution in [3.8, 4) is 0 Å². The maximum absolute atomic E-state index is 13.3. The van der Waals surface area contributed by atoms with Crippen molar-refractivity contribution in [3.63, 3.8) is 0 Å². The molecule has 1 fully saturated rings. The molecule has 6 nitrogen and oxygen atoms in total. The van der Waals surface area contributed by atoms with E-state index in [1.807, 2.05) is 6.07 Å². The number of carboxylic acid groups (broad SMARTS) is 1. The quantitative estimate of drug-likeness (QED) is 0.873. The smallest absolute Gasteiger partial charge is 0.335 e. The maximum atomic E-state index is 13.3. The molecule has 1 N–H and O–H groups in total. The molecular weight excluding hydrogens is 358 g/mol. The number of aromatic carboxylic acids is 1. The Morgan fingerprint density at radius 1 is 1.21 bits per heavy atom. The molecule has 1 saturated heterocycles. The van der Waals surface area contributed by atoms with Gasteiger partial charge in [-0.2, -0.15) is 0 Å². The molecule has 0 spiro atoms. The molecule has 1 aromatic carbocycles. The number of piperidine rings is 1. The van der Waals surface area contributed by atoms with Gasteiger partial charge in [-0.3, -0.25) is 9.59 Å². The molecule has 2 heterocycles. The molecular formula is C22H23NO5. The Morgan fingerprint density at radius 3 is 2.82 bits per heavy atom. The predicted molar refractivity (Wildman–Crippen MR) is 102 cm³/mol. The molecule has 146 valence electrons. The molecule has 0 bridgehead atoms. The third kappa shape index (κ3) is 3.23. The minimum Gasteiger partial charge on any atom is -0.478 e. The van der Waals surface area contributed by atoms with Crippen molar-refractivity contribution in [3.05, 3.63) is 58.0 Å². The molecule has 0 unspecified atom stereocenters. The van der Waals surface area contributed by atoms with Crippen molar-refractivity contribution >= 4 is 17.7 Å². The number of carbonyl (C=O) groups is 3. The van der Waals surface area contributed by atoms with E-state index in [1.54, 1.807) is 30.0 Å². The van der Waals surface area contributed by atoms with E-state index >= 15 is 0 Å². The monoisotopic (exact) mass is 381 g/mol. The lowest BCUT2D eigenvalue weighted by Crippen LogP contribution is -2.40. The molecule has 28 heavy (non-hydrogen) atoms. The Bertz CT molecular complexity index is 958. The molecule has 2 aliphatic rings. The highest BCUT2D eigenvalue weighted by atomic mass is 16.4. The first kappa shape index (κ1) is 18.5. The highest BCUT2D eigenvalue weighted by Crippen LogP contribution is 2.33. The van der Waals surface area contributed by atoms with E-state index < -0.39 is 5.97 Å². The van der Waals surface area contributed by atoms with Crippen molar-refractivity contribution in [2.45, 2.75) is 44.9 Å². The third-order valence-corrected chi connectivity index (χ3v) is 5.77. The van der Waals surface area contributed by atoms with Gasteiger partial charge < -0.3 is 14.4 Å². The summed E-state index contributed by atoms with van der Waals surface area (Å²) in [5, 5.41) is 9.23. The fourth-order valence-electron chi connectivity index (χ4n) is 4.38. The van der Waals surface area contributed by atoms with E-state index in [0.717, 1.165) is 24.8 Å².